The number of amidine groups is 1. The van der Waals surface area contributed by atoms with E-state index in [0.29, 0.717) is 0 Å². The number of rotatable bonds is 3. The van der Waals surface area contributed by atoms with Crippen LogP contribution in [0, 0.1) is 0 Å². The number of fused-ring (bicyclic) bond motifs is 1. The number of aliphatic imine (C=N–C) groups is 1. The number of hydrogen-bond acceptors (Lipinski definition) is 3. The van der Waals surface area contributed by atoms with Crippen molar-refractivity contribution in [2.45, 2.75) is 0 Å². The molecule has 0 amide bonds. The van der Waals surface area contributed by atoms with E-state index in [1.807, 2.05) is 80.5 Å². The number of nitrogens with zero attached hydrogens (tertiary/aromatic N) is 4. The molecule has 3 rings (SSSR count). The predicted octanol–water partition coefficient (Wildman–Crippen LogP) is 3.94. The first-order valence-electron chi connectivity index (χ1n) is 7.95. The van der Waals surface area contributed by atoms with E-state index in [9.17, 15) is 0 Å². The Morgan fingerprint density at radius 2 is 1.54 bits per heavy atom. The molecule has 2 aromatic carbocycles. The van der Waals surface area contributed by atoms with Crippen LogP contribution in [0.15, 0.2) is 65.7 Å². The maximum atomic E-state index is 4.98. The van der Waals surface area contributed by atoms with Crippen LogP contribution in [-0.2, 0) is 0 Å². The molecule has 4 heteroatoms. The summed E-state index contributed by atoms with van der Waals surface area (Å²) >= 11 is 0. The van der Waals surface area contributed by atoms with Crippen molar-refractivity contribution in [3.05, 3.63) is 66.2 Å². The fourth-order valence-electron chi connectivity index (χ4n) is 2.59. The largest absolute Gasteiger partial charge is 0.363 e. The van der Waals surface area contributed by atoms with Gasteiger partial charge in [-0.1, -0.05) is 48.5 Å². The van der Waals surface area contributed by atoms with Crippen LogP contribution in [0.5, 0.6) is 0 Å². The lowest BCUT2D eigenvalue weighted by molar-refractivity contribution is 0.624. The second-order valence-corrected chi connectivity index (χ2v) is 6.11. The van der Waals surface area contributed by atoms with Gasteiger partial charge in [0.1, 0.15) is 11.7 Å². The van der Waals surface area contributed by atoms with Gasteiger partial charge in [0.05, 0.1) is 11.2 Å². The minimum absolute atomic E-state index is 0.901. The Hall–Kier alpha value is -2.88. The van der Waals surface area contributed by atoms with Crippen LogP contribution in [0.4, 0.5) is 11.5 Å². The summed E-state index contributed by atoms with van der Waals surface area (Å²) in [4.78, 5) is 13.7. The van der Waals surface area contributed by atoms with E-state index in [1.54, 1.807) is 0 Å². The van der Waals surface area contributed by atoms with E-state index in [2.05, 4.69) is 18.2 Å². The summed E-state index contributed by atoms with van der Waals surface area (Å²) in [6.07, 6.45) is 0. The van der Waals surface area contributed by atoms with Crippen LogP contribution in [0.3, 0.4) is 0 Å². The minimum Gasteiger partial charge on any atom is -0.363 e. The van der Waals surface area contributed by atoms with E-state index in [1.165, 1.54) is 0 Å². The second-order valence-electron chi connectivity index (χ2n) is 6.11. The second kappa shape index (κ2) is 6.71. The molecule has 1 aromatic heterocycles. The minimum atomic E-state index is 0.901. The number of anilines is 1. The van der Waals surface area contributed by atoms with Crippen molar-refractivity contribution in [2.75, 3.05) is 33.1 Å². The van der Waals surface area contributed by atoms with Crippen LogP contribution in [0.1, 0.15) is 5.56 Å². The van der Waals surface area contributed by atoms with Gasteiger partial charge in [-0.2, -0.15) is 0 Å². The van der Waals surface area contributed by atoms with Crippen molar-refractivity contribution in [2.24, 2.45) is 4.99 Å². The third-order valence-corrected chi connectivity index (χ3v) is 3.82. The molecule has 0 aliphatic carbocycles. The Morgan fingerprint density at radius 3 is 2.21 bits per heavy atom. The lowest BCUT2D eigenvalue weighted by Gasteiger charge is -2.18. The van der Waals surface area contributed by atoms with Gasteiger partial charge in [0.2, 0.25) is 0 Å². The molecule has 0 unspecified atom stereocenters. The van der Waals surface area contributed by atoms with Gasteiger partial charge in [-0.3, -0.25) is 0 Å². The summed E-state index contributed by atoms with van der Waals surface area (Å²) in [6.45, 7) is 0. The highest BCUT2D eigenvalue weighted by Gasteiger charge is 2.10. The summed E-state index contributed by atoms with van der Waals surface area (Å²) in [5.74, 6) is 1.83. The van der Waals surface area contributed by atoms with Crippen LogP contribution in [-0.4, -0.2) is 43.9 Å². The molecule has 0 fully saturated rings. The molecule has 0 spiro atoms. The molecule has 0 saturated carbocycles. The van der Waals surface area contributed by atoms with E-state index < -0.39 is 0 Å². The molecule has 0 aliphatic heterocycles. The molecule has 0 aliphatic rings. The average molecular weight is 318 g/mol. The summed E-state index contributed by atoms with van der Waals surface area (Å²) in [5.41, 5.74) is 2.97. The highest BCUT2D eigenvalue weighted by molar-refractivity contribution is 6.03. The SMILES string of the molecule is CN(C)C(=Nc1cc(N(C)C)nc2ccccc12)c1ccccc1. The summed E-state index contributed by atoms with van der Waals surface area (Å²) in [5, 5.41) is 1.05. The summed E-state index contributed by atoms with van der Waals surface area (Å²) in [7, 11) is 8.02. The summed E-state index contributed by atoms with van der Waals surface area (Å²) < 4.78 is 0. The van der Waals surface area contributed by atoms with Crippen LogP contribution in [0.25, 0.3) is 10.9 Å². The third kappa shape index (κ3) is 3.23. The molecule has 122 valence electrons. The molecule has 0 N–H and O–H groups in total. The fraction of sp³-hybridized carbons (Fsp3) is 0.200. The predicted molar refractivity (Wildman–Crippen MR) is 102 cm³/mol. The monoisotopic (exact) mass is 318 g/mol. The quantitative estimate of drug-likeness (QED) is 0.541. The number of para-hydroxylation sites is 1. The number of benzene rings is 2. The average Bonchev–Trinajstić information content (AvgIpc) is 2.59. The standard InChI is InChI=1S/C20H22N4/c1-23(2)19-14-18(16-12-8-9-13-17(16)21-19)22-20(24(3)4)15-10-6-5-7-11-15/h5-14H,1-4H3. The smallest absolute Gasteiger partial charge is 0.136 e. The molecule has 4 nitrogen and oxygen atoms in total. The van der Waals surface area contributed by atoms with Crippen LogP contribution < -0.4 is 4.90 Å². The molecular weight excluding hydrogens is 296 g/mol. The van der Waals surface area contributed by atoms with Crippen molar-refractivity contribution in [1.82, 2.24) is 9.88 Å². The van der Waals surface area contributed by atoms with Gasteiger partial charge in [0.25, 0.3) is 0 Å². The Kier molecular flexibility index (Phi) is 4.47. The summed E-state index contributed by atoms with van der Waals surface area (Å²) in [6, 6.07) is 20.4. The first-order valence-corrected chi connectivity index (χ1v) is 7.95. The molecule has 1 heterocycles. The number of pyridine rings is 1. The van der Waals surface area contributed by atoms with E-state index in [0.717, 1.165) is 33.8 Å². The molecule has 24 heavy (non-hydrogen) atoms. The fourth-order valence-corrected chi connectivity index (χ4v) is 2.59. The third-order valence-electron chi connectivity index (χ3n) is 3.82. The first kappa shape index (κ1) is 16.0. The molecule has 0 atom stereocenters. The van der Waals surface area contributed by atoms with Crippen molar-refractivity contribution < 1.29 is 0 Å². The van der Waals surface area contributed by atoms with E-state index in [-0.39, 0.29) is 0 Å². The molecule has 0 radical (unpaired) electrons. The van der Waals surface area contributed by atoms with Gasteiger partial charge in [0, 0.05) is 45.2 Å². The molecule has 0 bridgehead atoms. The molecular formula is C20H22N4. The Balaban J connectivity index is 2.23. The highest BCUT2D eigenvalue weighted by Crippen LogP contribution is 2.29. The van der Waals surface area contributed by atoms with Gasteiger partial charge >= 0.3 is 0 Å². The zero-order chi connectivity index (χ0) is 17.1. The van der Waals surface area contributed by atoms with Gasteiger partial charge in [-0.15, -0.1) is 0 Å². The zero-order valence-electron chi connectivity index (χ0n) is 14.6. The highest BCUT2D eigenvalue weighted by atomic mass is 15.2. The number of aromatic nitrogens is 1. The normalized spacial score (nSPS) is 11.6. The maximum absolute atomic E-state index is 4.98. The Bertz CT molecular complexity index is 867. The van der Waals surface area contributed by atoms with Crippen molar-refractivity contribution in [3.63, 3.8) is 0 Å². The maximum Gasteiger partial charge on any atom is 0.136 e. The van der Waals surface area contributed by atoms with Crippen LogP contribution >= 0.6 is 0 Å². The number of hydrogen-bond donors (Lipinski definition) is 0. The van der Waals surface area contributed by atoms with Gasteiger partial charge < -0.3 is 9.80 Å². The molecule has 3 aromatic rings. The van der Waals surface area contributed by atoms with Gasteiger partial charge in [-0.25, -0.2) is 9.98 Å². The lowest BCUT2D eigenvalue weighted by Crippen LogP contribution is -2.22. The topological polar surface area (TPSA) is 31.7 Å². The van der Waals surface area contributed by atoms with Crippen molar-refractivity contribution in [1.29, 1.82) is 0 Å². The van der Waals surface area contributed by atoms with Crippen molar-refractivity contribution >= 4 is 28.2 Å². The zero-order valence-corrected chi connectivity index (χ0v) is 14.6. The first-order chi connectivity index (χ1) is 11.6. The van der Waals surface area contributed by atoms with Crippen LogP contribution in [0.2, 0.25) is 0 Å². The van der Waals surface area contributed by atoms with Gasteiger partial charge in [-0.05, 0) is 6.07 Å². The lowest BCUT2D eigenvalue weighted by atomic mass is 10.1. The van der Waals surface area contributed by atoms with E-state index >= 15 is 0 Å². The Labute approximate surface area is 143 Å². The van der Waals surface area contributed by atoms with Crippen molar-refractivity contribution in [3.8, 4) is 0 Å². The molecule has 0 saturated heterocycles. The van der Waals surface area contributed by atoms with Gasteiger partial charge in [0.15, 0.2) is 0 Å². The Morgan fingerprint density at radius 1 is 0.875 bits per heavy atom. The van der Waals surface area contributed by atoms with E-state index in [4.69, 9.17) is 9.98 Å².